The molecule has 3 rings (SSSR count). The van der Waals surface area contributed by atoms with Crippen molar-refractivity contribution in [2.24, 2.45) is 0 Å². The van der Waals surface area contributed by atoms with Gasteiger partial charge in [0, 0.05) is 31.6 Å². The molecule has 1 heterocycles. The number of nitrogens with zero attached hydrogens (tertiary/aromatic N) is 1. The SMILES string of the molecule is CC(C(=O)NCc1cccc(CN2CCCC2=O)c1)=C1CCC1. The van der Waals surface area contributed by atoms with E-state index in [-0.39, 0.29) is 11.8 Å². The number of carbonyl (C=O) groups excluding carboxylic acids is 2. The smallest absolute Gasteiger partial charge is 0.247 e. The lowest BCUT2D eigenvalue weighted by Gasteiger charge is -2.19. The van der Waals surface area contributed by atoms with Crippen molar-refractivity contribution in [3.8, 4) is 0 Å². The van der Waals surface area contributed by atoms with E-state index in [0.29, 0.717) is 19.5 Å². The molecule has 1 N–H and O–H groups in total. The van der Waals surface area contributed by atoms with E-state index >= 15 is 0 Å². The van der Waals surface area contributed by atoms with Gasteiger partial charge in [0.15, 0.2) is 0 Å². The van der Waals surface area contributed by atoms with E-state index < -0.39 is 0 Å². The van der Waals surface area contributed by atoms with E-state index in [4.69, 9.17) is 0 Å². The van der Waals surface area contributed by atoms with Crippen LogP contribution in [0.5, 0.6) is 0 Å². The summed E-state index contributed by atoms with van der Waals surface area (Å²) in [5, 5.41) is 3.00. The molecule has 2 amide bonds. The van der Waals surface area contributed by atoms with Gasteiger partial charge in [-0.1, -0.05) is 29.8 Å². The fourth-order valence-electron chi connectivity index (χ4n) is 3.13. The first-order chi connectivity index (χ1) is 11.1. The zero-order chi connectivity index (χ0) is 16.2. The first-order valence-corrected chi connectivity index (χ1v) is 8.46. The average molecular weight is 312 g/mol. The number of hydrogen-bond acceptors (Lipinski definition) is 2. The lowest BCUT2D eigenvalue weighted by atomic mass is 9.88. The van der Waals surface area contributed by atoms with E-state index in [1.807, 2.05) is 30.0 Å². The van der Waals surface area contributed by atoms with Gasteiger partial charge in [-0.15, -0.1) is 0 Å². The molecule has 0 aromatic heterocycles. The first-order valence-electron chi connectivity index (χ1n) is 8.46. The van der Waals surface area contributed by atoms with Gasteiger partial charge >= 0.3 is 0 Å². The Morgan fingerprint density at radius 1 is 1.17 bits per heavy atom. The molecular weight excluding hydrogens is 288 g/mol. The Balaban J connectivity index is 1.57. The molecule has 1 aliphatic heterocycles. The minimum atomic E-state index is 0.0415. The van der Waals surface area contributed by atoms with Crippen molar-refractivity contribution in [3.63, 3.8) is 0 Å². The average Bonchev–Trinajstić information content (AvgIpc) is 2.88. The van der Waals surface area contributed by atoms with Gasteiger partial charge < -0.3 is 10.2 Å². The largest absolute Gasteiger partial charge is 0.348 e. The van der Waals surface area contributed by atoms with E-state index in [0.717, 1.165) is 42.5 Å². The summed E-state index contributed by atoms with van der Waals surface area (Å²) < 4.78 is 0. The van der Waals surface area contributed by atoms with Crippen molar-refractivity contribution in [1.82, 2.24) is 10.2 Å². The Morgan fingerprint density at radius 2 is 1.96 bits per heavy atom. The summed E-state index contributed by atoms with van der Waals surface area (Å²) in [6.07, 6.45) is 4.97. The van der Waals surface area contributed by atoms with E-state index in [1.165, 1.54) is 12.0 Å². The maximum absolute atomic E-state index is 12.1. The Hall–Kier alpha value is -2.10. The first kappa shape index (κ1) is 15.8. The van der Waals surface area contributed by atoms with Crippen LogP contribution in [0, 0.1) is 0 Å². The fourth-order valence-corrected chi connectivity index (χ4v) is 3.13. The van der Waals surface area contributed by atoms with Gasteiger partial charge in [-0.3, -0.25) is 9.59 Å². The van der Waals surface area contributed by atoms with Crippen LogP contribution in [-0.4, -0.2) is 23.3 Å². The summed E-state index contributed by atoms with van der Waals surface area (Å²) in [5.74, 6) is 0.284. The fraction of sp³-hybridized carbons (Fsp3) is 0.474. The third kappa shape index (κ3) is 3.81. The number of likely N-dealkylation sites (tertiary alicyclic amines) is 1. The van der Waals surface area contributed by atoms with Crippen molar-refractivity contribution in [2.45, 2.75) is 52.1 Å². The number of nitrogens with one attached hydrogen (secondary N) is 1. The third-order valence-corrected chi connectivity index (χ3v) is 4.82. The van der Waals surface area contributed by atoms with Crippen LogP contribution in [0.3, 0.4) is 0 Å². The molecule has 4 heteroatoms. The standard InChI is InChI=1S/C19H24N2O2/c1-14(17-7-3-8-17)19(23)20-12-15-5-2-6-16(11-15)13-21-10-4-9-18(21)22/h2,5-6,11H,3-4,7-10,12-13H2,1H3,(H,20,23). The summed E-state index contributed by atoms with van der Waals surface area (Å²) in [6, 6.07) is 8.13. The van der Waals surface area contributed by atoms with Crippen LogP contribution in [0.4, 0.5) is 0 Å². The van der Waals surface area contributed by atoms with Gasteiger partial charge in [-0.2, -0.15) is 0 Å². The maximum atomic E-state index is 12.1. The number of amides is 2. The topological polar surface area (TPSA) is 49.4 Å². The molecule has 0 bridgehead atoms. The molecule has 122 valence electrons. The van der Waals surface area contributed by atoms with Crippen molar-refractivity contribution >= 4 is 11.8 Å². The zero-order valence-corrected chi connectivity index (χ0v) is 13.7. The van der Waals surface area contributed by atoms with Crippen LogP contribution in [0.15, 0.2) is 35.4 Å². The second-order valence-electron chi connectivity index (χ2n) is 6.50. The Morgan fingerprint density at radius 3 is 2.61 bits per heavy atom. The summed E-state index contributed by atoms with van der Waals surface area (Å²) >= 11 is 0. The summed E-state index contributed by atoms with van der Waals surface area (Å²) in [4.78, 5) is 25.8. The normalized spacial score (nSPS) is 17.2. The lowest BCUT2D eigenvalue weighted by molar-refractivity contribution is -0.128. The highest BCUT2D eigenvalue weighted by atomic mass is 16.2. The molecule has 0 atom stereocenters. The Kier molecular flexibility index (Phi) is 4.79. The molecule has 4 nitrogen and oxygen atoms in total. The number of rotatable bonds is 5. The summed E-state index contributed by atoms with van der Waals surface area (Å²) in [6.45, 7) is 3.97. The third-order valence-electron chi connectivity index (χ3n) is 4.82. The van der Waals surface area contributed by atoms with Gasteiger partial charge in [-0.25, -0.2) is 0 Å². The van der Waals surface area contributed by atoms with E-state index in [1.54, 1.807) is 0 Å². The summed E-state index contributed by atoms with van der Waals surface area (Å²) in [7, 11) is 0. The molecule has 1 aliphatic carbocycles. The van der Waals surface area contributed by atoms with Gasteiger partial charge in [0.2, 0.25) is 11.8 Å². The van der Waals surface area contributed by atoms with Crippen LogP contribution in [0.25, 0.3) is 0 Å². The molecule has 1 aromatic rings. The molecule has 23 heavy (non-hydrogen) atoms. The van der Waals surface area contributed by atoms with Crippen molar-refractivity contribution in [3.05, 3.63) is 46.5 Å². The molecule has 1 aromatic carbocycles. The molecule has 1 saturated heterocycles. The summed E-state index contributed by atoms with van der Waals surface area (Å²) in [5.41, 5.74) is 4.38. The molecular formula is C19H24N2O2. The van der Waals surface area contributed by atoms with Crippen molar-refractivity contribution < 1.29 is 9.59 Å². The van der Waals surface area contributed by atoms with Gasteiger partial charge in [-0.05, 0) is 43.7 Å². The maximum Gasteiger partial charge on any atom is 0.247 e. The molecule has 2 aliphatic rings. The molecule has 1 saturated carbocycles. The highest BCUT2D eigenvalue weighted by Crippen LogP contribution is 2.28. The Bertz CT molecular complexity index is 643. The quantitative estimate of drug-likeness (QED) is 0.850. The molecule has 2 fully saturated rings. The van der Waals surface area contributed by atoms with Crippen LogP contribution < -0.4 is 5.32 Å². The minimum absolute atomic E-state index is 0.0415. The van der Waals surface area contributed by atoms with E-state index in [9.17, 15) is 9.59 Å². The van der Waals surface area contributed by atoms with Crippen LogP contribution in [0.1, 0.15) is 50.2 Å². The number of benzene rings is 1. The van der Waals surface area contributed by atoms with Crippen LogP contribution in [0.2, 0.25) is 0 Å². The highest BCUT2D eigenvalue weighted by Gasteiger charge is 2.20. The Labute approximate surface area is 137 Å². The highest BCUT2D eigenvalue weighted by molar-refractivity contribution is 5.93. The second-order valence-corrected chi connectivity index (χ2v) is 6.50. The van der Waals surface area contributed by atoms with Crippen LogP contribution >= 0.6 is 0 Å². The molecule has 0 spiro atoms. The van der Waals surface area contributed by atoms with Crippen LogP contribution in [-0.2, 0) is 22.7 Å². The predicted molar refractivity (Wildman–Crippen MR) is 89.5 cm³/mol. The number of carbonyl (C=O) groups is 2. The van der Waals surface area contributed by atoms with Gasteiger partial charge in [0.1, 0.15) is 0 Å². The minimum Gasteiger partial charge on any atom is -0.348 e. The van der Waals surface area contributed by atoms with Gasteiger partial charge in [0.25, 0.3) is 0 Å². The second kappa shape index (κ2) is 6.99. The number of hydrogen-bond donors (Lipinski definition) is 1. The number of allylic oxidation sites excluding steroid dienone is 1. The molecule has 0 radical (unpaired) electrons. The lowest BCUT2D eigenvalue weighted by Crippen LogP contribution is -2.26. The predicted octanol–water partition coefficient (Wildman–Crippen LogP) is 2.93. The molecule has 0 unspecified atom stereocenters. The van der Waals surface area contributed by atoms with Crippen molar-refractivity contribution in [2.75, 3.05) is 6.54 Å². The zero-order valence-electron chi connectivity index (χ0n) is 13.7. The van der Waals surface area contributed by atoms with E-state index in [2.05, 4.69) is 11.4 Å². The monoisotopic (exact) mass is 312 g/mol. The van der Waals surface area contributed by atoms with Crippen molar-refractivity contribution in [1.29, 1.82) is 0 Å². The van der Waals surface area contributed by atoms with Gasteiger partial charge in [0.05, 0.1) is 0 Å².